The number of hydrogen-bond acceptors (Lipinski definition) is 4. The molecule has 0 amide bonds. The first-order chi connectivity index (χ1) is 9.25. The van der Waals surface area contributed by atoms with Gasteiger partial charge in [-0.25, -0.2) is 4.98 Å². The van der Waals surface area contributed by atoms with Crippen molar-refractivity contribution >= 4 is 5.95 Å². The lowest BCUT2D eigenvalue weighted by Crippen LogP contribution is -2.37. The maximum absolute atomic E-state index is 5.35. The van der Waals surface area contributed by atoms with Crippen molar-refractivity contribution in [3.05, 3.63) is 12.4 Å². The molecule has 2 heterocycles. The van der Waals surface area contributed by atoms with Gasteiger partial charge in [-0.3, -0.25) is 4.90 Å². The third-order valence-electron chi connectivity index (χ3n) is 3.32. The van der Waals surface area contributed by atoms with E-state index >= 15 is 0 Å². The van der Waals surface area contributed by atoms with Crippen molar-refractivity contribution in [2.24, 2.45) is 5.92 Å². The zero-order chi connectivity index (χ0) is 13.5. The summed E-state index contributed by atoms with van der Waals surface area (Å²) in [5, 5.41) is 3.43. The number of ether oxygens (including phenoxy) is 1. The zero-order valence-electron chi connectivity index (χ0n) is 12.1. The molecule has 1 saturated heterocycles. The number of anilines is 1. The summed E-state index contributed by atoms with van der Waals surface area (Å²) in [5.74, 6) is 1.64. The Kier molecular flexibility index (Phi) is 5.66. The van der Waals surface area contributed by atoms with Gasteiger partial charge < -0.3 is 14.6 Å². The molecule has 1 aromatic rings. The average molecular weight is 266 g/mol. The summed E-state index contributed by atoms with van der Waals surface area (Å²) >= 11 is 0. The van der Waals surface area contributed by atoms with E-state index in [1.54, 1.807) is 0 Å². The van der Waals surface area contributed by atoms with E-state index in [1.807, 2.05) is 12.4 Å². The second-order valence-corrected chi connectivity index (χ2v) is 5.53. The van der Waals surface area contributed by atoms with E-state index in [1.165, 1.54) is 0 Å². The van der Waals surface area contributed by atoms with Crippen LogP contribution in [0.2, 0.25) is 0 Å². The first kappa shape index (κ1) is 14.3. The van der Waals surface area contributed by atoms with Crippen LogP contribution in [0.15, 0.2) is 12.4 Å². The van der Waals surface area contributed by atoms with Crippen LogP contribution in [-0.2, 0) is 11.3 Å². The van der Waals surface area contributed by atoms with Gasteiger partial charge in [-0.2, -0.15) is 0 Å². The van der Waals surface area contributed by atoms with Gasteiger partial charge >= 0.3 is 0 Å². The quantitative estimate of drug-likeness (QED) is 0.762. The summed E-state index contributed by atoms with van der Waals surface area (Å²) < 4.78 is 7.54. The van der Waals surface area contributed by atoms with Gasteiger partial charge in [0.05, 0.1) is 13.2 Å². The van der Waals surface area contributed by atoms with E-state index in [0.29, 0.717) is 5.92 Å². The topological polar surface area (TPSA) is 42.3 Å². The molecule has 0 atom stereocenters. The first-order valence-corrected chi connectivity index (χ1v) is 7.31. The van der Waals surface area contributed by atoms with Crippen molar-refractivity contribution in [1.82, 2.24) is 14.5 Å². The van der Waals surface area contributed by atoms with Crippen LogP contribution in [0.5, 0.6) is 0 Å². The molecule has 108 valence electrons. The Morgan fingerprint density at radius 3 is 2.89 bits per heavy atom. The highest BCUT2D eigenvalue weighted by Gasteiger charge is 2.09. The lowest BCUT2D eigenvalue weighted by Gasteiger charge is -2.26. The first-order valence-electron chi connectivity index (χ1n) is 7.31. The Labute approximate surface area is 116 Å². The minimum absolute atomic E-state index is 0.642. The number of imidazole rings is 1. The van der Waals surface area contributed by atoms with Crippen LogP contribution in [0.4, 0.5) is 5.95 Å². The Balaban J connectivity index is 1.66. The molecule has 0 saturated carbocycles. The number of morpholine rings is 1. The minimum atomic E-state index is 0.642. The Morgan fingerprint density at radius 2 is 2.16 bits per heavy atom. The maximum atomic E-state index is 5.35. The van der Waals surface area contributed by atoms with E-state index in [-0.39, 0.29) is 0 Å². The third kappa shape index (κ3) is 4.84. The van der Waals surface area contributed by atoms with Crippen molar-refractivity contribution in [3.8, 4) is 0 Å². The molecule has 0 spiro atoms. The summed E-state index contributed by atoms with van der Waals surface area (Å²) in [5.41, 5.74) is 0. The van der Waals surface area contributed by atoms with E-state index < -0.39 is 0 Å². The van der Waals surface area contributed by atoms with Gasteiger partial charge in [0.15, 0.2) is 0 Å². The summed E-state index contributed by atoms with van der Waals surface area (Å²) in [6.07, 6.45) is 5.06. The van der Waals surface area contributed by atoms with Crippen LogP contribution in [0, 0.1) is 5.92 Å². The summed E-state index contributed by atoms with van der Waals surface area (Å²) in [4.78, 5) is 6.84. The fraction of sp³-hybridized carbons (Fsp3) is 0.786. The normalized spacial score (nSPS) is 17.0. The predicted molar refractivity (Wildman–Crippen MR) is 77.4 cm³/mol. The Hall–Kier alpha value is -1.07. The van der Waals surface area contributed by atoms with Crippen molar-refractivity contribution in [3.63, 3.8) is 0 Å². The molecule has 2 rings (SSSR count). The molecule has 1 aromatic heterocycles. The number of aromatic nitrogens is 2. The summed E-state index contributed by atoms with van der Waals surface area (Å²) in [6, 6.07) is 0. The molecule has 0 aromatic carbocycles. The molecular weight excluding hydrogens is 240 g/mol. The molecular formula is C14H26N4O. The number of hydrogen-bond donors (Lipinski definition) is 1. The van der Waals surface area contributed by atoms with Crippen LogP contribution in [-0.4, -0.2) is 53.8 Å². The number of nitrogens with zero attached hydrogens (tertiary/aromatic N) is 3. The molecule has 0 aliphatic carbocycles. The van der Waals surface area contributed by atoms with Gasteiger partial charge in [0.1, 0.15) is 0 Å². The van der Waals surface area contributed by atoms with Crippen molar-refractivity contribution in [2.45, 2.75) is 26.8 Å². The van der Waals surface area contributed by atoms with Gasteiger partial charge in [-0.1, -0.05) is 13.8 Å². The highest BCUT2D eigenvalue weighted by atomic mass is 16.5. The molecule has 1 fully saturated rings. The van der Waals surface area contributed by atoms with E-state index in [4.69, 9.17) is 4.74 Å². The molecule has 1 N–H and O–H groups in total. The standard InChI is InChI=1S/C14H26N4O/c1-13(2)12-18-7-5-16-14(18)15-4-3-6-17-8-10-19-11-9-17/h5,7,13H,3-4,6,8-12H2,1-2H3,(H,15,16). The van der Waals surface area contributed by atoms with Crippen LogP contribution in [0.1, 0.15) is 20.3 Å². The second kappa shape index (κ2) is 7.50. The monoisotopic (exact) mass is 266 g/mol. The van der Waals surface area contributed by atoms with Gasteiger partial charge in [0.25, 0.3) is 0 Å². The van der Waals surface area contributed by atoms with Gasteiger partial charge in [-0.05, 0) is 18.9 Å². The molecule has 5 nitrogen and oxygen atoms in total. The molecule has 5 heteroatoms. The van der Waals surface area contributed by atoms with Gasteiger partial charge in [-0.15, -0.1) is 0 Å². The molecule has 0 unspecified atom stereocenters. The Bertz CT molecular complexity index is 358. The molecule has 0 radical (unpaired) electrons. The molecule has 0 bridgehead atoms. The lowest BCUT2D eigenvalue weighted by atomic mass is 10.2. The van der Waals surface area contributed by atoms with Crippen LogP contribution >= 0.6 is 0 Å². The molecule has 19 heavy (non-hydrogen) atoms. The van der Waals surface area contributed by atoms with Crippen LogP contribution in [0.25, 0.3) is 0 Å². The maximum Gasteiger partial charge on any atom is 0.202 e. The second-order valence-electron chi connectivity index (χ2n) is 5.53. The van der Waals surface area contributed by atoms with Gasteiger partial charge in [0.2, 0.25) is 5.95 Å². The van der Waals surface area contributed by atoms with E-state index in [2.05, 4.69) is 33.6 Å². The highest BCUT2D eigenvalue weighted by molar-refractivity contribution is 5.25. The minimum Gasteiger partial charge on any atom is -0.379 e. The largest absolute Gasteiger partial charge is 0.379 e. The fourth-order valence-corrected chi connectivity index (χ4v) is 2.34. The van der Waals surface area contributed by atoms with Crippen LogP contribution < -0.4 is 5.32 Å². The molecule has 1 aliphatic rings. The van der Waals surface area contributed by atoms with Crippen molar-refractivity contribution in [2.75, 3.05) is 44.7 Å². The smallest absolute Gasteiger partial charge is 0.202 e. The number of rotatable bonds is 7. The summed E-state index contributed by atoms with van der Waals surface area (Å²) in [7, 11) is 0. The SMILES string of the molecule is CC(C)Cn1ccnc1NCCCN1CCOCC1. The van der Waals surface area contributed by atoms with Crippen molar-refractivity contribution in [1.29, 1.82) is 0 Å². The fourth-order valence-electron chi connectivity index (χ4n) is 2.34. The number of nitrogens with one attached hydrogen (secondary N) is 1. The Morgan fingerprint density at radius 1 is 1.37 bits per heavy atom. The van der Waals surface area contributed by atoms with Crippen LogP contribution in [0.3, 0.4) is 0 Å². The summed E-state index contributed by atoms with van der Waals surface area (Å²) in [6.45, 7) is 11.5. The third-order valence-corrected chi connectivity index (χ3v) is 3.32. The van der Waals surface area contributed by atoms with Gasteiger partial charge in [0, 0.05) is 38.6 Å². The van der Waals surface area contributed by atoms with E-state index in [9.17, 15) is 0 Å². The highest BCUT2D eigenvalue weighted by Crippen LogP contribution is 2.08. The van der Waals surface area contributed by atoms with Crippen molar-refractivity contribution < 1.29 is 4.74 Å². The predicted octanol–water partition coefficient (Wildman–Crippen LogP) is 1.67. The molecule has 1 aliphatic heterocycles. The zero-order valence-corrected chi connectivity index (χ0v) is 12.1. The average Bonchev–Trinajstić information content (AvgIpc) is 2.82. The van der Waals surface area contributed by atoms with E-state index in [0.717, 1.165) is 58.3 Å². The lowest BCUT2D eigenvalue weighted by molar-refractivity contribution is 0.0378.